The van der Waals surface area contributed by atoms with Gasteiger partial charge >= 0.3 is 0 Å². The molecule has 0 spiro atoms. The predicted octanol–water partition coefficient (Wildman–Crippen LogP) is 1.74. The standard InChI is InChI=1S/C20H29N3O5S/c1-15-7-4-5-8-19(15)27-14-18(24)13-22-9-6-10-23(12-11-22)29(25,26)20-16(2)21-28-17(20)3/h4-5,7-8,18,24H,6,9-14H2,1-3H3. The highest BCUT2D eigenvalue weighted by molar-refractivity contribution is 7.89. The summed E-state index contributed by atoms with van der Waals surface area (Å²) in [6.45, 7) is 7.90. The number of aromatic nitrogens is 1. The number of hydrogen-bond acceptors (Lipinski definition) is 7. The van der Waals surface area contributed by atoms with Crippen LogP contribution in [0.25, 0.3) is 0 Å². The van der Waals surface area contributed by atoms with E-state index < -0.39 is 16.1 Å². The second-order valence-corrected chi connectivity index (χ2v) is 9.32. The summed E-state index contributed by atoms with van der Waals surface area (Å²) in [4.78, 5) is 2.24. The molecular weight excluding hydrogens is 394 g/mol. The molecule has 0 bridgehead atoms. The number of hydrogen-bond donors (Lipinski definition) is 1. The first-order chi connectivity index (χ1) is 13.8. The highest BCUT2D eigenvalue weighted by atomic mass is 32.2. The lowest BCUT2D eigenvalue weighted by molar-refractivity contribution is 0.0697. The van der Waals surface area contributed by atoms with Crippen LogP contribution in [0.2, 0.25) is 0 Å². The van der Waals surface area contributed by atoms with Gasteiger partial charge in [-0.2, -0.15) is 4.31 Å². The number of aliphatic hydroxyl groups excluding tert-OH is 1. The van der Waals surface area contributed by atoms with Crippen LogP contribution in [0, 0.1) is 20.8 Å². The van der Waals surface area contributed by atoms with Gasteiger partial charge in [0.1, 0.15) is 29.0 Å². The lowest BCUT2D eigenvalue weighted by Crippen LogP contribution is -2.39. The van der Waals surface area contributed by atoms with Gasteiger partial charge in [-0.3, -0.25) is 4.90 Å². The smallest absolute Gasteiger partial charge is 0.248 e. The summed E-state index contributed by atoms with van der Waals surface area (Å²) in [5.74, 6) is 1.08. The maximum atomic E-state index is 13.0. The number of β-amino-alcohol motifs (C(OH)–C–C–N with tert-alkyl or cyclic N) is 1. The SMILES string of the molecule is Cc1ccccc1OCC(O)CN1CCCN(S(=O)(=O)c2c(C)noc2C)CC1. The molecule has 0 aliphatic carbocycles. The van der Waals surface area contributed by atoms with Gasteiger partial charge in [-0.25, -0.2) is 8.42 Å². The van der Waals surface area contributed by atoms with Crippen molar-refractivity contribution in [2.45, 2.75) is 38.2 Å². The quantitative estimate of drug-likeness (QED) is 0.725. The molecule has 0 radical (unpaired) electrons. The molecule has 1 fully saturated rings. The Morgan fingerprint density at radius 2 is 1.93 bits per heavy atom. The number of para-hydroxylation sites is 1. The van der Waals surface area contributed by atoms with Crippen LogP contribution in [0.1, 0.15) is 23.4 Å². The number of nitrogens with zero attached hydrogens (tertiary/aromatic N) is 3. The summed E-state index contributed by atoms with van der Waals surface area (Å²) in [6.07, 6.45) is 0.0360. The van der Waals surface area contributed by atoms with Crippen molar-refractivity contribution >= 4 is 10.0 Å². The number of rotatable bonds is 7. The van der Waals surface area contributed by atoms with Crippen molar-refractivity contribution < 1.29 is 22.8 Å². The van der Waals surface area contributed by atoms with Gasteiger partial charge < -0.3 is 14.4 Å². The minimum atomic E-state index is -3.64. The van der Waals surface area contributed by atoms with Crippen LogP contribution in [-0.2, 0) is 10.0 Å². The van der Waals surface area contributed by atoms with Crippen LogP contribution in [0.3, 0.4) is 0 Å². The fourth-order valence-corrected chi connectivity index (χ4v) is 5.36. The van der Waals surface area contributed by atoms with E-state index in [2.05, 4.69) is 10.1 Å². The number of sulfonamides is 1. The predicted molar refractivity (Wildman–Crippen MR) is 108 cm³/mol. The summed E-state index contributed by atoms with van der Waals surface area (Å²) in [5, 5.41) is 14.1. The molecule has 0 saturated carbocycles. The molecule has 1 aromatic carbocycles. The minimum Gasteiger partial charge on any atom is -0.491 e. The zero-order valence-electron chi connectivity index (χ0n) is 17.2. The van der Waals surface area contributed by atoms with Crippen LogP contribution in [0.15, 0.2) is 33.7 Å². The molecule has 2 heterocycles. The monoisotopic (exact) mass is 423 g/mol. The fourth-order valence-electron chi connectivity index (χ4n) is 3.60. The highest BCUT2D eigenvalue weighted by Crippen LogP contribution is 2.24. The minimum absolute atomic E-state index is 0.164. The Balaban J connectivity index is 1.55. The van der Waals surface area contributed by atoms with Gasteiger partial charge in [0.05, 0.1) is 0 Å². The van der Waals surface area contributed by atoms with E-state index in [1.807, 2.05) is 31.2 Å². The first-order valence-corrected chi connectivity index (χ1v) is 11.2. The van der Waals surface area contributed by atoms with Crippen molar-refractivity contribution in [2.24, 2.45) is 0 Å². The van der Waals surface area contributed by atoms with Crippen molar-refractivity contribution in [3.63, 3.8) is 0 Å². The first kappa shape index (κ1) is 21.8. The Labute approximate surface area is 172 Å². The normalized spacial score (nSPS) is 17.8. The van der Waals surface area contributed by atoms with Crippen LogP contribution in [0.5, 0.6) is 5.75 Å². The van der Waals surface area contributed by atoms with Crippen molar-refractivity contribution in [2.75, 3.05) is 39.3 Å². The molecule has 1 unspecified atom stereocenters. The Hall–Kier alpha value is -1.94. The highest BCUT2D eigenvalue weighted by Gasteiger charge is 2.32. The molecule has 1 aliphatic heterocycles. The third-order valence-electron chi connectivity index (χ3n) is 5.11. The first-order valence-electron chi connectivity index (χ1n) is 9.81. The fraction of sp³-hybridized carbons (Fsp3) is 0.550. The summed E-state index contributed by atoms with van der Waals surface area (Å²) >= 11 is 0. The van der Waals surface area contributed by atoms with Gasteiger partial charge in [-0.05, 0) is 45.4 Å². The Kier molecular flexibility index (Phi) is 6.94. The second-order valence-electron chi connectivity index (χ2n) is 7.44. The van der Waals surface area contributed by atoms with Crippen LogP contribution < -0.4 is 4.74 Å². The Bertz CT molecular complexity index is 908. The summed E-state index contributed by atoms with van der Waals surface area (Å²) < 4.78 is 38.2. The molecule has 1 N–H and O–H groups in total. The molecule has 1 atom stereocenters. The van der Waals surface area contributed by atoms with Crippen LogP contribution in [0.4, 0.5) is 0 Å². The van der Waals surface area contributed by atoms with E-state index in [9.17, 15) is 13.5 Å². The molecule has 160 valence electrons. The average Bonchev–Trinajstić information content (AvgIpc) is 2.87. The topological polar surface area (TPSA) is 96.1 Å². The molecule has 3 rings (SSSR count). The molecule has 8 nitrogen and oxygen atoms in total. The number of ether oxygens (including phenoxy) is 1. The average molecular weight is 424 g/mol. The maximum Gasteiger partial charge on any atom is 0.248 e. The number of aryl methyl sites for hydroxylation is 3. The van der Waals surface area contributed by atoms with E-state index in [0.717, 1.165) is 17.9 Å². The van der Waals surface area contributed by atoms with Gasteiger partial charge in [0, 0.05) is 26.2 Å². The molecule has 9 heteroatoms. The Morgan fingerprint density at radius 1 is 1.17 bits per heavy atom. The van der Waals surface area contributed by atoms with E-state index in [1.54, 1.807) is 13.8 Å². The van der Waals surface area contributed by atoms with E-state index in [1.165, 1.54) is 4.31 Å². The number of aliphatic hydroxyl groups is 1. The maximum absolute atomic E-state index is 13.0. The molecular formula is C20H29N3O5S. The third kappa shape index (κ3) is 5.16. The zero-order chi connectivity index (χ0) is 21.0. The van der Waals surface area contributed by atoms with Crippen molar-refractivity contribution in [3.8, 4) is 5.75 Å². The van der Waals surface area contributed by atoms with Gasteiger partial charge in [-0.1, -0.05) is 23.4 Å². The van der Waals surface area contributed by atoms with Crippen LogP contribution in [-0.4, -0.2) is 73.3 Å². The third-order valence-corrected chi connectivity index (χ3v) is 7.25. The molecule has 1 aliphatic rings. The number of benzene rings is 1. The second kappa shape index (κ2) is 9.25. The van der Waals surface area contributed by atoms with Crippen molar-refractivity contribution in [3.05, 3.63) is 41.3 Å². The van der Waals surface area contributed by atoms with Gasteiger partial charge in [0.25, 0.3) is 0 Å². The summed E-state index contributed by atoms with van der Waals surface area (Å²) in [6, 6.07) is 7.69. The molecule has 1 aromatic heterocycles. The lowest BCUT2D eigenvalue weighted by Gasteiger charge is -2.24. The molecule has 0 amide bonds. The van der Waals surface area contributed by atoms with Gasteiger partial charge in [0.2, 0.25) is 10.0 Å². The zero-order valence-corrected chi connectivity index (χ0v) is 18.0. The van der Waals surface area contributed by atoms with Gasteiger partial charge in [0.15, 0.2) is 5.76 Å². The lowest BCUT2D eigenvalue weighted by atomic mass is 10.2. The van der Waals surface area contributed by atoms with Crippen LogP contribution >= 0.6 is 0 Å². The van der Waals surface area contributed by atoms with E-state index in [4.69, 9.17) is 9.26 Å². The van der Waals surface area contributed by atoms with Crippen molar-refractivity contribution in [1.82, 2.24) is 14.4 Å². The van der Waals surface area contributed by atoms with Gasteiger partial charge in [-0.15, -0.1) is 0 Å². The van der Waals surface area contributed by atoms with E-state index >= 15 is 0 Å². The van der Waals surface area contributed by atoms with E-state index in [0.29, 0.717) is 44.1 Å². The Morgan fingerprint density at radius 3 is 2.62 bits per heavy atom. The molecule has 29 heavy (non-hydrogen) atoms. The molecule has 2 aromatic rings. The largest absolute Gasteiger partial charge is 0.491 e. The van der Waals surface area contributed by atoms with E-state index in [-0.39, 0.29) is 11.5 Å². The summed E-state index contributed by atoms with van der Waals surface area (Å²) in [5.41, 5.74) is 1.40. The summed E-state index contributed by atoms with van der Waals surface area (Å²) in [7, 11) is -3.64. The van der Waals surface area contributed by atoms with Crippen molar-refractivity contribution in [1.29, 1.82) is 0 Å². The molecule has 1 saturated heterocycles.